The van der Waals surface area contributed by atoms with Crippen LogP contribution >= 0.6 is 0 Å². The molecule has 1 atom stereocenters. The van der Waals surface area contributed by atoms with Crippen LogP contribution in [-0.2, 0) is 4.79 Å². The summed E-state index contributed by atoms with van der Waals surface area (Å²) in [6.07, 6.45) is 0.494. The second-order valence-corrected chi connectivity index (χ2v) is 7.25. The average molecular weight is 348 g/mol. The number of aryl methyl sites for hydroxylation is 2. The number of nitrogens with zero attached hydrogens (tertiary/aromatic N) is 2. The first-order valence-electron chi connectivity index (χ1n) is 9.30. The van der Waals surface area contributed by atoms with Gasteiger partial charge in [-0.05, 0) is 70.5 Å². The largest absolute Gasteiger partial charge is 0.481 e. The Labute approximate surface area is 152 Å². The number of rotatable bonds is 7. The number of ether oxygens (including phenoxy) is 1. The molecule has 0 aromatic heterocycles. The van der Waals surface area contributed by atoms with Gasteiger partial charge in [0.1, 0.15) is 5.75 Å². The number of likely N-dealkylation sites (N-methyl/N-ethyl adjacent to an activating group) is 1. The number of hydrogen-bond donors (Lipinski definition) is 1. The first-order chi connectivity index (χ1) is 11.9. The summed E-state index contributed by atoms with van der Waals surface area (Å²) in [6, 6.07) is 4.13. The molecule has 1 aliphatic rings. The van der Waals surface area contributed by atoms with Crippen molar-refractivity contribution in [2.45, 2.75) is 40.2 Å². The summed E-state index contributed by atoms with van der Waals surface area (Å²) in [7, 11) is 2.16. The first kappa shape index (κ1) is 19.7. The lowest BCUT2D eigenvalue weighted by atomic mass is 10.1. The first-order valence-corrected chi connectivity index (χ1v) is 9.30. The van der Waals surface area contributed by atoms with Crippen molar-refractivity contribution in [1.82, 2.24) is 15.1 Å². The van der Waals surface area contributed by atoms with Crippen LogP contribution in [0.5, 0.6) is 5.75 Å². The number of carbonyl (C=O) groups excluding carboxylic acids is 1. The summed E-state index contributed by atoms with van der Waals surface area (Å²) >= 11 is 0. The number of nitrogens with one attached hydrogen (secondary N) is 1. The van der Waals surface area contributed by atoms with E-state index in [1.54, 1.807) is 0 Å². The van der Waals surface area contributed by atoms with Crippen molar-refractivity contribution in [3.8, 4) is 5.75 Å². The topological polar surface area (TPSA) is 44.8 Å². The maximum absolute atomic E-state index is 12.3. The molecule has 0 bridgehead atoms. The third-order valence-corrected chi connectivity index (χ3v) is 4.98. The van der Waals surface area contributed by atoms with Gasteiger partial charge in [0.05, 0.1) is 0 Å². The average Bonchev–Trinajstić information content (AvgIpc) is 2.57. The number of hydrogen-bond acceptors (Lipinski definition) is 4. The molecule has 140 valence electrons. The maximum Gasteiger partial charge on any atom is 0.260 e. The maximum atomic E-state index is 12.3. The fraction of sp³-hybridized carbons (Fsp3) is 0.650. The number of benzene rings is 1. The van der Waals surface area contributed by atoms with Gasteiger partial charge < -0.3 is 19.9 Å². The molecule has 1 fully saturated rings. The van der Waals surface area contributed by atoms with E-state index in [-0.39, 0.29) is 5.91 Å². The molecule has 1 aromatic rings. The molecule has 1 heterocycles. The van der Waals surface area contributed by atoms with Gasteiger partial charge in [-0.25, -0.2) is 0 Å². The Hall–Kier alpha value is -1.59. The summed E-state index contributed by atoms with van der Waals surface area (Å²) < 4.78 is 5.90. The molecule has 1 saturated heterocycles. The molecular formula is C20H33N3O2. The lowest BCUT2D eigenvalue weighted by Gasteiger charge is -2.32. The smallest absolute Gasteiger partial charge is 0.260 e. The van der Waals surface area contributed by atoms with Gasteiger partial charge >= 0.3 is 0 Å². The number of amides is 1. The van der Waals surface area contributed by atoms with Gasteiger partial charge in [-0.3, -0.25) is 4.79 Å². The third-order valence-electron chi connectivity index (χ3n) is 4.98. The fourth-order valence-corrected chi connectivity index (χ4v) is 3.10. The molecular weight excluding hydrogens is 314 g/mol. The Balaban J connectivity index is 1.72. The minimum atomic E-state index is -0.483. The van der Waals surface area contributed by atoms with E-state index in [4.69, 9.17) is 4.74 Å². The monoisotopic (exact) mass is 347 g/mol. The fourth-order valence-electron chi connectivity index (χ4n) is 3.10. The van der Waals surface area contributed by atoms with Crippen LogP contribution in [0.3, 0.4) is 0 Å². The quantitative estimate of drug-likeness (QED) is 0.768. The predicted octanol–water partition coefficient (Wildman–Crippen LogP) is 2.13. The number of piperazine rings is 1. The van der Waals surface area contributed by atoms with Crippen molar-refractivity contribution in [2.24, 2.45) is 0 Å². The van der Waals surface area contributed by atoms with Gasteiger partial charge in [-0.2, -0.15) is 0 Å². The molecule has 1 aliphatic heterocycles. The van der Waals surface area contributed by atoms with Crippen LogP contribution in [0.4, 0.5) is 0 Å². The van der Waals surface area contributed by atoms with Gasteiger partial charge in [0.25, 0.3) is 5.91 Å². The van der Waals surface area contributed by atoms with Crippen molar-refractivity contribution < 1.29 is 9.53 Å². The van der Waals surface area contributed by atoms with E-state index in [1.807, 2.05) is 26.8 Å². The molecule has 0 radical (unpaired) electrons. The molecule has 25 heavy (non-hydrogen) atoms. The van der Waals surface area contributed by atoms with Crippen LogP contribution in [0.2, 0.25) is 0 Å². The van der Waals surface area contributed by atoms with E-state index in [2.05, 4.69) is 35.2 Å². The van der Waals surface area contributed by atoms with Crippen LogP contribution in [0.25, 0.3) is 0 Å². The molecule has 0 saturated carbocycles. The van der Waals surface area contributed by atoms with E-state index < -0.39 is 6.10 Å². The molecule has 0 spiro atoms. The highest BCUT2D eigenvalue weighted by atomic mass is 16.5. The zero-order valence-corrected chi connectivity index (χ0v) is 16.4. The summed E-state index contributed by atoms with van der Waals surface area (Å²) in [6.45, 7) is 14.2. The number of carbonyl (C=O) groups is 1. The van der Waals surface area contributed by atoms with Gasteiger partial charge in [-0.1, -0.05) is 6.07 Å². The standard InChI is InChI=1S/C20H33N3O2/c1-15-13-16(2)17(3)19(14-15)25-18(4)20(24)21-7-6-8-23-11-9-22(5)10-12-23/h13-14,18H,6-12H2,1-5H3,(H,21,24)/t18-/m0/s1. The minimum absolute atomic E-state index is 0.0445. The van der Waals surface area contributed by atoms with Crippen LogP contribution in [0.1, 0.15) is 30.0 Å². The van der Waals surface area contributed by atoms with Crippen molar-refractivity contribution in [2.75, 3.05) is 46.3 Å². The molecule has 1 N–H and O–H groups in total. The molecule has 1 aromatic carbocycles. The second kappa shape index (κ2) is 9.20. The zero-order valence-electron chi connectivity index (χ0n) is 16.4. The highest BCUT2D eigenvalue weighted by Gasteiger charge is 2.17. The molecule has 1 amide bonds. The molecule has 5 nitrogen and oxygen atoms in total. The van der Waals surface area contributed by atoms with E-state index in [1.165, 1.54) is 5.56 Å². The lowest BCUT2D eigenvalue weighted by Crippen LogP contribution is -2.45. The van der Waals surface area contributed by atoms with Crippen molar-refractivity contribution in [3.63, 3.8) is 0 Å². The minimum Gasteiger partial charge on any atom is -0.481 e. The van der Waals surface area contributed by atoms with Gasteiger partial charge in [0.2, 0.25) is 0 Å². The Kier molecular flexibility index (Phi) is 7.26. The Bertz CT molecular complexity index is 581. The van der Waals surface area contributed by atoms with E-state index in [0.29, 0.717) is 6.54 Å². The van der Waals surface area contributed by atoms with Crippen molar-refractivity contribution >= 4 is 5.91 Å². The molecule has 0 aliphatic carbocycles. The Morgan fingerprint density at radius 2 is 1.88 bits per heavy atom. The summed E-state index contributed by atoms with van der Waals surface area (Å²) in [5, 5.41) is 3.00. The van der Waals surface area contributed by atoms with Crippen LogP contribution in [-0.4, -0.2) is 68.1 Å². The summed E-state index contributed by atoms with van der Waals surface area (Å²) in [5.41, 5.74) is 3.44. The SMILES string of the molecule is Cc1cc(C)c(C)c(O[C@@H](C)C(=O)NCCCN2CCN(C)CC2)c1. The van der Waals surface area contributed by atoms with Gasteiger partial charge in [-0.15, -0.1) is 0 Å². The van der Waals surface area contributed by atoms with Crippen molar-refractivity contribution in [1.29, 1.82) is 0 Å². The van der Waals surface area contributed by atoms with Crippen molar-refractivity contribution in [3.05, 3.63) is 28.8 Å². The lowest BCUT2D eigenvalue weighted by molar-refractivity contribution is -0.127. The van der Waals surface area contributed by atoms with E-state index in [9.17, 15) is 4.79 Å². The molecule has 0 unspecified atom stereocenters. The zero-order chi connectivity index (χ0) is 18.4. The highest BCUT2D eigenvalue weighted by Crippen LogP contribution is 2.24. The van der Waals surface area contributed by atoms with E-state index in [0.717, 1.165) is 56.0 Å². The second-order valence-electron chi connectivity index (χ2n) is 7.25. The summed E-state index contributed by atoms with van der Waals surface area (Å²) in [5.74, 6) is 0.759. The van der Waals surface area contributed by atoms with E-state index >= 15 is 0 Å². The molecule has 2 rings (SSSR count). The normalized spacial score (nSPS) is 17.3. The van der Waals surface area contributed by atoms with Crippen LogP contribution in [0, 0.1) is 20.8 Å². The predicted molar refractivity (Wildman–Crippen MR) is 102 cm³/mol. The van der Waals surface area contributed by atoms with Crippen LogP contribution < -0.4 is 10.1 Å². The Morgan fingerprint density at radius 1 is 1.20 bits per heavy atom. The van der Waals surface area contributed by atoms with Crippen LogP contribution in [0.15, 0.2) is 12.1 Å². The third kappa shape index (κ3) is 6.01. The van der Waals surface area contributed by atoms with Gasteiger partial charge in [0, 0.05) is 32.7 Å². The molecule has 5 heteroatoms. The Morgan fingerprint density at radius 3 is 2.56 bits per heavy atom. The van der Waals surface area contributed by atoms with Gasteiger partial charge in [0.15, 0.2) is 6.10 Å². The highest BCUT2D eigenvalue weighted by molar-refractivity contribution is 5.80. The summed E-state index contributed by atoms with van der Waals surface area (Å²) in [4.78, 5) is 17.1.